The molecule has 21 heavy (non-hydrogen) atoms. The second-order valence-electron chi connectivity index (χ2n) is 4.06. The summed E-state index contributed by atoms with van der Waals surface area (Å²) >= 11 is 1.22. The molecule has 110 valence electrons. The Kier molecular flexibility index (Phi) is 5.42. The Morgan fingerprint density at radius 2 is 2.14 bits per heavy atom. The van der Waals surface area contributed by atoms with Crippen molar-refractivity contribution in [2.75, 3.05) is 12.2 Å². The van der Waals surface area contributed by atoms with Crippen molar-refractivity contribution in [1.82, 2.24) is 4.98 Å². The molecule has 6 nitrogen and oxygen atoms in total. The van der Waals surface area contributed by atoms with Gasteiger partial charge >= 0.3 is 5.97 Å². The van der Waals surface area contributed by atoms with E-state index in [4.69, 9.17) is 4.84 Å². The van der Waals surface area contributed by atoms with Gasteiger partial charge in [0, 0.05) is 5.38 Å². The fourth-order valence-corrected chi connectivity index (χ4v) is 2.29. The number of hydrogen-bond donors (Lipinski definition) is 0. The quantitative estimate of drug-likeness (QED) is 0.444. The lowest BCUT2D eigenvalue weighted by molar-refractivity contribution is -0.139. The Labute approximate surface area is 125 Å². The number of ether oxygens (including phenoxy) is 1. The number of benzene rings is 1. The third kappa shape index (κ3) is 4.37. The Hall–Kier alpha value is -2.25. The molecule has 2 rings (SSSR count). The first-order chi connectivity index (χ1) is 10.2. The van der Waals surface area contributed by atoms with Gasteiger partial charge < -0.3 is 4.74 Å². The molecule has 0 saturated carbocycles. The number of carbonyl (C=O) groups excluding carboxylic acids is 2. The summed E-state index contributed by atoms with van der Waals surface area (Å²) in [5.74, 6) is -0.380. The number of esters is 1. The largest absolute Gasteiger partial charge is 0.469 e. The van der Waals surface area contributed by atoms with Crippen molar-refractivity contribution in [1.29, 1.82) is 0 Å². The summed E-state index contributed by atoms with van der Waals surface area (Å²) in [5.41, 5.74) is 1.48. The third-order valence-corrected chi connectivity index (χ3v) is 3.46. The monoisotopic (exact) mass is 306 g/mol. The first kappa shape index (κ1) is 15.1. The van der Waals surface area contributed by atoms with Crippen molar-refractivity contribution in [3.63, 3.8) is 0 Å². The average Bonchev–Trinajstić information content (AvgIpc) is 2.97. The fraction of sp³-hybridized carbons (Fsp3) is 0.214. The van der Waals surface area contributed by atoms with Gasteiger partial charge in [0.2, 0.25) is 11.5 Å². The lowest BCUT2D eigenvalue weighted by atomic mass is 10.2. The minimum absolute atomic E-state index is 0.0678. The summed E-state index contributed by atoms with van der Waals surface area (Å²) in [4.78, 5) is 31.8. The minimum atomic E-state index is -0.380. The molecule has 0 saturated heterocycles. The zero-order valence-electron chi connectivity index (χ0n) is 11.4. The maximum Gasteiger partial charge on any atom is 0.311 e. The Balaban J connectivity index is 1.97. The highest BCUT2D eigenvalue weighted by Crippen LogP contribution is 2.21. The number of rotatable bonds is 7. The van der Waals surface area contributed by atoms with Crippen LogP contribution in [0.5, 0.6) is 0 Å². The number of amides is 1. The maximum absolute atomic E-state index is 11.2. The van der Waals surface area contributed by atoms with Gasteiger partial charge in [-0.3, -0.25) is 14.4 Å². The standard InChI is InChI=1S/C14H14N2O4S/c1-19-13(18)7-12-9-21-14(15-12)16(10-17)20-8-11-5-3-2-4-6-11/h2-6,9-10H,7-8H2,1H3. The molecule has 7 heteroatoms. The summed E-state index contributed by atoms with van der Waals surface area (Å²) in [5, 5.41) is 3.12. The van der Waals surface area contributed by atoms with E-state index in [1.165, 1.54) is 18.4 Å². The Morgan fingerprint density at radius 1 is 1.38 bits per heavy atom. The van der Waals surface area contributed by atoms with Crippen LogP contribution in [0.2, 0.25) is 0 Å². The lowest BCUT2D eigenvalue weighted by Crippen LogP contribution is -2.21. The first-order valence-corrected chi connectivity index (χ1v) is 7.03. The van der Waals surface area contributed by atoms with Gasteiger partial charge in [-0.2, -0.15) is 5.06 Å². The number of methoxy groups -OCH3 is 1. The molecular formula is C14H14N2O4S. The molecule has 2 aromatic rings. The van der Waals surface area contributed by atoms with Crippen molar-refractivity contribution in [2.45, 2.75) is 13.0 Å². The van der Waals surface area contributed by atoms with Gasteiger partial charge in [-0.1, -0.05) is 30.3 Å². The number of nitrogens with zero attached hydrogens (tertiary/aromatic N) is 2. The van der Waals surface area contributed by atoms with E-state index in [-0.39, 0.29) is 19.0 Å². The van der Waals surface area contributed by atoms with Crippen LogP contribution < -0.4 is 5.06 Å². The van der Waals surface area contributed by atoms with Gasteiger partial charge in [-0.15, -0.1) is 11.3 Å². The summed E-state index contributed by atoms with van der Waals surface area (Å²) in [6.07, 6.45) is 0.613. The topological polar surface area (TPSA) is 68.7 Å². The van der Waals surface area contributed by atoms with Gasteiger partial charge in [0.25, 0.3) is 0 Å². The molecule has 1 amide bonds. The van der Waals surface area contributed by atoms with Gasteiger partial charge in [-0.05, 0) is 5.56 Å². The van der Waals surface area contributed by atoms with Crippen LogP contribution in [-0.4, -0.2) is 24.5 Å². The molecule has 0 spiro atoms. The number of hydrogen-bond acceptors (Lipinski definition) is 6. The fourth-order valence-electron chi connectivity index (χ4n) is 1.55. The van der Waals surface area contributed by atoms with Gasteiger partial charge in [0.15, 0.2) is 0 Å². The average molecular weight is 306 g/mol. The van der Waals surface area contributed by atoms with Crippen molar-refractivity contribution in [3.8, 4) is 0 Å². The number of carbonyl (C=O) groups is 2. The van der Waals surface area contributed by atoms with Crippen LogP contribution in [0.1, 0.15) is 11.3 Å². The molecule has 0 N–H and O–H groups in total. The summed E-state index contributed by atoms with van der Waals surface area (Å²) < 4.78 is 4.57. The molecule has 0 aliphatic heterocycles. The van der Waals surface area contributed by atoms with Crippen LogP contribution in [-0.2, 0) is 32.2 Å². The van der Waals surface area contributed by atoms with Crippen LogP contribution in [0, 0.1) is 0 Å². The number of anilines is 1. The van der Waals surface area contributed by atoms with Crippen molar-refractivity contribution >= 4 is 28.8 Å². The zero-order chi connectivity index (χ0) is 15.1. The second kappa shape index (κ2) is 7.51. The highest BCUT2D eigenvalue weighted by molar-refractivity contribution is 7.13. The van der Waals surface area contributed by atoms with Crippen LogP contribution in [0.3, 0.4) is 0 Å². The van der Waals surface area contributed by atoms with E-state index in [0.29, 0.717) is 17.2 Å². The van der Waals surface area contributed by atoms with Gasteiger partial charge in [-0.25, -0.2) is 4.98 Å². The minimum Gasteiger partial charge on any atom is -0.469 e. The zero-order valence-corrected chi connectivity index (χ0v) is 12.2. The van der Waals surface area contributed by atoms with E-state index in [1.807, 2.05) is 30.3 Å². The van der Waals surface area contributed by atoms with E-state index < -0.39 is 0 Å². The molecule has 1 aromatic carbocycles. The molecule has 0 aliphatic carbocycles. The van der Waals surface area contributed by atoms with Crippen LogP contribution in [0.4, 0.5) is 5.13 Å². The van der Waals surface area contributed by atoms with Crippen LogP contribution >= 0.6 is 11.3 Å². The molecule has 0 unspecified atom stereocenters. The highest BCUT2D eigenvalue weighted by Gasteiger charge is 2.13. The number of thiazole rings is 1. The molecule has 0 bridgehead atoms. The third-order valence-electron chi connectivity index (χ3n) is 2.59. The summed E-state index contributed by atoms with van der Waals surface area (Å²) in [7, 11) is 1.32. The van der Waals surface area contributed by atoms with Crippen molar-refractivity contribution in [2.24, 2.45) is 0 Å². The Bertz CT molecular complexity index is 600. The lowest BCUT2D eigenvalue weighted by Gasteiger charge is -2.13. The summed E-state index contributed by atoms with van der Waals surface area (Å²) in [6.45, 7) is 0.255. The highest BCUT2D eigenvalue weighted by atomic mass is 32.1. The van der Waals surface area contributed by atoms with Crippen molar-refractivity contribution in [3.05, 3.63) is 47.0 Å². The maximum atomic E-state index is 11.2. The SMILES string of the molecule is COC(=O)Cc1csc(N(C=O)OCc2ccccc2)n1. The number of aromatic nitrogens is 1. The van der Waals surface area contributed by atoms with Gasteiger partial charge in [0.1, 0.15) is 6.61 Å². The molecule has 0 atom stereocenters. The molecule has 1 heterocycles. The van der Waals surface area contributed by atoms with E-state index in [0.717, 1.165) is 10.6 Å². The second-order valence-corrected chi connectivity index (χ2v) is 4.90. The van der Waals surface area contributed by atoms with E-state index >= 15 is 0 Å². The molecule has 0 fully saturated rings. The molecule has 0 aliphatic rings. The van der Waals surface area contributed by atoms with E-state index in [9.17, 15) is 9.59 Å². The predicted molar refractivity (Wildman–Crippen MR) is 77.6 cm³/mol. The van der Waals surface area contributed by atoms with E-state index in [1.54, 1.807) is 5.38 Å². The van der Waals surface area contributed by atoms with Gasteiger partial charge in [0.05, 0.1) is 19.2 Å². The smallest absolute Gasteiger partial charge is 0.311 e. The molecule has 0 radical (unpaired) electrons. The van der Waals surface area contributed by atoms with E-state index in [2.05, 4.69) is 9.72 Å². The van der Waals surface area contributed by atoms with Crippen molar-refractivity contribution < 1.29 is 19.2 Å². The summed E-state index contributed by atoms with van der Waals surface area (Å²) in [6, 6.07) is 9.48. The van der Waals surface area contributed by atoms with Crippen LogP contribution in [0.25, 0.3) is 0 Å². The normalized spacial score (nSPS) is 10.1. The predicted octanol–water partition coefficient (Wildman–Crippen LogP) is 1.95. The molecule has 1 aromatic heterocycles. The first-order valence-electron chi connectivity index (χ1n) is 6.15. The Morgan fingerprint density at radius 3 is 2.81 bits per heavy atom. The molecular weight excluding hydrogens is 292 g/mol. The van der Waals surface area contributed by atoms with Crippen LogP contribution in [0.15, 0.2) is 35.7 Å². The number of hydroxylamine groups is 1.